The minimum atomic E-state index is -0.288. The molecule has 0 aliphatic carbocycles. The van der Waals surface area contributed by atoms with E-state index in [1.165, 1.54) is 24.3 Å². The summed E-state index contributed by atoms with van der Waals surface area (Å²) < 4.78 is 27.2. The Morgan fingerprint density at radius 2 is 1.31 bits per heavy atom. The molecule has 1 atom stereocenters. The summed E-state index contributed by atoms with van der Waals surface area (Å²) >= 11 is 0. The van der Waals surface area contributed by atoms with E-state index in [1.807, 2.05) is 23.1 Å². The summed E-state index contributed by atoms with van der Waals surface area (Å²) in [5, 5.41) is 3.45. The lowest BCUT2D eigenvalue weighted by molar-refractivity contribution is -0.135. The maximum atomic E-state index is 13.6. The van der Waals surface area contributed by atoms with Crippen LogP contribution < -0.4 is 5.32 Å². The number of halogens is 2. The van der Waals surface area contributed by atoms with E-state index in [1.54, 1.807) is 24.3 Å². The van der Waals surface area contributed by atoms with Crippen molar-refractivity contribution >= 4 is 5.91 Å². The zero-order valence-corrected chi connectivity index (χ0v) is 20.3. The Balaban J connectivity index is 1.48. The largest absolute Gasteiger partial charge is 0.339 e. The second kappa shape index (κ2) is 11.6. The zero-order valence-electron chi connectivity index (χ0n) is 20.3. The molecule has 0 bridgehead atoms. The van der Waals surface area contributed by atoms with E-state index in [0.717, 1.165) is 16.7 Å². The molecule has 1 heterocycles. The number of carbonyl (C=O) groups excluding carboxylic acids is 1. The minimum absolute atomic E-state index is 0.113. The number of hydrogen-bond acceptors (Lipinski definition) is 3. The fraction of sp³-hybridized carbons (Fsp3) is 0.345. The molecule has 0 aromatic heterocycles. The zero-order chi connectivity index (χ0) is 24.8. The first-order chi connectivity index (χ1) is 16.9. The number of carbonyl (C=O) groups is 1. The van der Waals surface area contributed by atoms with Crippen LogP contribution in [0.3, 0.4) is 0 Å². The fourth-order valence-corrected chi connectivity index (χ4v) is 4.79. The highest BCUT2D eigenvalue weighted by Crippen LogP contribution is 2.30. The molecule has 1 amide bonds. The lowest BCUT2D eigenvalue weighted by atomic mass is 9.96. The van der Waals surface area contributed by atoms with Crippen LogP contribution in [0.5, 0.6) is 0 Å². The summed E-state index contributed by atoms with van der Waals surface area (Å²) in [6.45, 7) is 6.65. The van der Waals surface area contributed by atoms with Crippen LogP contribution in [0, 0.1) is 11.6 Å². The van der Waals surface area contributed by atoms with Gasteiger partial charge in [0.15, 0.2) is 0 Å². The van der Waals surface area contributed by atoms with Crippen LogP contribution in [0.25, 0.3) is 0 Å². The molecule has 1 saturated heterocycles. The van der Waals surface area contributed by atoms with Gasteiger partial charge in [-0.05, 0) is 47.4 Å². The summed E-state index contributed by atoms with van der Waals surface area (Å²) in [5.74, 6) is -0.462. The summed E-state index contributed by atoms with van der Waals surface area (Å²) in [4.78, 5) is 17.7. The van der Waals surface area contributed by atoms with E-state index in [0.29, 0.717) is 32.6 Å². The van der Waals surface area contributed by atoms with Crippen molar-refractivity contribution in [3.05, 3.63) is 107 Å². The molecule has 3 aromatic rings. The summed E-state index contributed by atoms with van der Waals surface area (Å²) in [7, 11) is 0. The summed E-state index contributed by atoms with van der Waals surface area (Å²) in [6.07, 6.45) is 0.645. The Morgan fingerprint density at radius 1 is 0.800 bits per heavy atom. The first kappa shape index (κ1) is 25.0. The summed E-state index contributed by atoms with van der Waals surface area (Å²) in [6, 6.07) is 22.8. The van der Waals surface area contributed by atoms with Gasteiger partial charge in [-0.15, -0.1) is 0 Å². The van der Waals surface area contributed by atoms with Crippen molar-refractivity contribution < 1.29 is 13.6 Å². The smallest absolute Gasteiger partial charge is 0.240 e. The molecule has 1 fully saturated rings. The van der Waals surface area contributed by atoms with Gasteiger partial charge >= 0.3 is 0 Å². The first-order valence-corrected chi connectivity index (χ1v) is 12.2. The lowest BCUT2D eigenvalue weighted by Crippen LogP contribution is -2.56. The molecular formula is C29H33F2N3O. The van der Waals surface area contributed by atoms with Gasteiger partial charge in [0, 0.05) is 32.2 Å². The minimum Gasteiger partial charge on any atom is -0.339 e. The van der Waals surface area contributed by atoms with E-state index in [2.05, 4.69) is 36.2 Å². The Bertz CT molecular complexity index is 1030. The van der Waals surface area contributed by atoms with E-state index >= 15 is 0 Å². The molecule has 0 radical (unpaired) electrons. The molecule has 1 N–H and O–H groups in total. The highest BCUT2D eigenvalue weighted by Gasteiger charge is 2.31. The third kappa shape index (κ3) is 6.53. The van der Waals surface area contributed by atoms with Gasteiger partial charge in [0.1, 0.15) is 11.6 Å². The standard InChI is InChI=1S/C29H33F2N3O/c1-21(2)32-27(20-22-6-4-3-5-7-22)29(35)34-18-16-33(17-19-34)28(23-8-12-25(30)13-9-23)24-10-14-26(31)15-11-24/h3-15,21,27-28,32H,16-20H2,1-2H3/t27-/m0/s1. The normalized spacial score (nSPS) is 15.5. The third-order valence-electron chi connectivity index (χ3n) is 6.48. The quantitative estimate of drug-likeness (QED) is 0.506. The van der Waals surface area contributed by atoms with Crippen molar-refractivity contribution in [2.75, 3.05) is 26.2 Å². The molecule has 0 spiro atoms. The number of benzene rings is 3. The Kier molecular flexibility index (Phi) is 8.26. The van der Waals surface area contributed by atoms with Crippen molar-refractivity contribution in [3.8, 4) is 0 Å². The molecule has 4 nitrogen and oxygen atoms in total. The van der Waals surface area contributed by atoms with Crippen molar-refractivity contribution in [3.63, 3.8) is 0 Å². The van der Waals surface area contributed by atoms with Crippen LogP contribution in [0.15, 0.2) is 78.9 Å². The van der Waals surface area contributed by atoms with Crippen LogP contribution in [0.1, 0.15) is 36.6 Å². The van der Waals surface area contributed by atoms with E-state index in [4.69, 9.17) is 0 Å². The van der Waals surface area contributed by atoms with Crippen LogP contribution in [0.4, 0.5) is 8.78 Å². The number of nitrogens with one attached hydrogen (secondary N) is 1. The average Bonchev–Trinajstić information content (AvgIpc) is 2.86. The van der Waals surface area contributed by atoms with Gasteiger partial charge in [-0.2, -0.15) is 0 Å². The number of rotatable bonds is 8. The SMILES string of the molecule is CC(C)N[C@@H](Cc1ccccc1)C(=O)N1CCN(C(c2ccc(F)cc2)c2ccc(F)cc2)CC1. The van der Waals surface area contributed by atoms with Gasteiger partial charge in [0.2, 0.25) is 5.91 Å². The Morgan fingerprint density at radius 3 is 1.80 bits per heavy atom. The molecular weight excluding hydrogens is 444 g/mol. The van der Waals surface area contributed by atoms with E-state index < -0.39 is 0 Å². The molecule has 0 unspecified atom stereocenters. The monoisotopic (exact) mass is 477 g/mol. The molecule has 6 heteroatoms. The van der Waals surface area contributed by atoms with Crippen molar-refractivity contribution in [1.29, 1.82) is 0 Å². The van der Waals surface area contributed by atoms with Crippen LogP contribution in [-0.2, 0) is 11.2 Å². The van der Waals surface area contributed by atoms with Crippen molar-refractivity contribution in [2.24, 2.45) is 0 Å². The summed E-state index contributed by atoms with van der Waals surface area (Å²) in [5.41, 5.74) is 3.02. The molecule has 0 saturated carbocycles. The van der Waals surface area contributed by atoms with Crippen LogP contribution in [0.2, 0.25) is 0 Å². The van der Waals surface area contributed by atoms with Gasteiger partial charge < -0.3 is 10.2 Å². The maximum Gasteiger partial charge on any atom is 0.240 e. The highest BCUT2D eigenvalue weighted by molar-refractivity contribution is 5.82. The van der Waals surface area contributed by atoms with Gasteiger partial charge in [0.25, 0.3) is 0 Å². The van der Waals surface area contributed by atoms with E-state index in [9.17, 15) is 13.6 Å². The molecule has 1 aliphatic heterocycles. The first-order valence-electron chi connectivity index (χ1n) is 12.2. The third-order valence-corrected chi connectivity index (χ3v) is 6.48. The second-order valence-electron chi connectivity index (χ2n) is 9.43. The number of hydrogen-bond donors (Lipinski definition) is 1. The fourth-order valence-electron chi connectivity index (χ4n) is 4.79. The number of nitrogens with zero attached hydrogens (tertiary/aromatic N) is 2. The number of amides is 1. The lowest BCUT2D eigenvalue weighted by Gasteiger charge is -2.41. The second-order valence-corrected chi connectivity index (χ2v) is 9.43. The molecule has 3 aromatic carbocycles. The van der Waals surface area contributed by atoms with Crippen LogP contribution >= 0.6 is 0 Å². The molecule has 4 rings (SSSR count). The maximum absolute atomic E-state index is 13.6. The Labute approximate surface area is 206 Å². The van der Waals surface area contributed by atoms with Crippen LogP contribution in [-0.4, -0.2) is 54.0 Å². The van der Waals surface area contributed by atoms with Crippen molar-refractivity contribution in [2.45, 2.75) is 38.4 Å². The Hall–Kier alpha value is -3.09. The number of piperazine rings is 1. The average molecular weight is 478 g/mol. The molecule has 35 heavy (non-hydrogen) atoms. The van der Waals surface area contributed by atoms with Gasteiger partial charge in [-0.1, -0.05) is 68.4 Å². The molecule has 1 aliphatic rings. The van der Waals surface area contributed by atoms with Gasteiger partial charge in [-0.3, -0.25) is 9.69 Å². The van der Waals surface area contributed by atoms with Gasteiger partial charge in [0.05, 0.1) is 12.1 Å². The molecule has 184 valence electrons. The topological polar surface area (TPSA) is 35.6 Å². The van der Waals surface area contributed by atoms with Gasteiger partial charge in [-0.25, -0.2) is 8.78 Å². The predicted molar refractivity (Wildman–Crippen MR) is 135 cm³/mol. The highest BCUT2D eigenvalue weighted by atomic mass is 19.1. The van der Waals surface area contributed by atoms with Crippen molar-refractivity contribution in [1.82, 2.24) is 15.1 Å². The van der Waals surface area contributed by atoms with E-state index in [-0.39, 0.29) is 35.7 Å². The predicted octanol–water partition coefficient (Wildman–Crippen LogP) is 4.81.